The predicted octanol–water partition coefficient (Wildman–Crippen LogP) is 3.40. The van der Waals surface area contributed by atoms with Crippen LogP contribution in [0, 0.1) is 0 Å². The lowest BCUT2D eigenvalue weighted by Crippen LogP contribution is -2.19. The van der Waals surface area contributed by atoms with Crippen molar-refractivity contribution in [3.8, 4) is 0 Å². The molecule has 4 heteroatoms. The maximum Gasteiger partial charge on any atom is 0.298 e. The Hall–Kier alpha value is -2.49. The Balaban J connectivity index is 1.59. The lowest BCUT2D eigenvalue weighted by atomic mass is 9.99. The molecule has 1 atom stereocenters. The third-order valence-electron chi connectivity index (χ3n) is 4.13. The summed E-state index contributed by atoms with van der Waals surface area (Å²) >= 11 is 0. The van der Waals surface area contributed by atoms with Crippen molar-refractivity contribution >= 4 is 22.8 Å². The molecule has 2 N–H and O–H groups in total. The van der Waals surface area contributed by atoms with Crippen molar-refractivity contribution in [1.82, 2.24) is 4.98 Å². The Labute approximate surface area is 123 Å². The van der Waals surface area contributed by atoms with Gasteiger partial charge in [0.15, 0.2) is 5.58 Å². The summed E-state index contributed by atoms with van der Waals surface area (Å²) in [6, 6.07) is 16.9. The Morgan fingerprint density at radius 2 is 2.00 bits per heavy atom. The molecule has 1 saturated heterocycles. The summed E-state index contributed by atoms with van der Waals surface area (Å²) in [4.78, 5) is 6.78. The first-order valence-electron chi connectivity index (χ1n) is 7.25. The van der Waals surface area contributed by atoms with E-state index in [-0.39, 0.29) is 0 Å². The summed E-state index contributed by atoms with van der Waals surface area (Å²) in [5.41, 5.74) is 9.51. The van der Waals surface area contributed by atoms with Crippen LogP contribution in [0.15, 0.2) is 52.9 Å². The van der Waals surface area contributed by atoms with Crippen molar-refractivity contribution < 1.29 is 4.42 Å². The predicted molar refractivity (Wildman–Crippen MR) is 84.4 cm³/mol. The van der Waals surface area contributed by atoms with Crippen LogP contribution in [0.2, 0.25) is 0 Å². The average Bonchev–Trinajstić information content (AvgIpc) is 3.14. The molecule has 0 spiro atoms. The third-order valence-corrected chi connectivity index (χ3v) is 4.13. The monoisotopic (exact) mass is 279 g/mol. The van der Waals surface area contributed by atoms with E-state index in [2.05, 4.69) is 40.2 Å². The van der Waals surface area contributed by atoms with E-state index in [0.717, 1.165) is 30.6 Å². The van der Waals surface area contributed by atoms with Crippen molar-refractivity contribution in [1.29, 1.82) is 0 Å². The van der Waals surface area contributed by atoms with Crippen LogP contribution in [0.4, 0.5) is 11.7 Å². The van der Waals surface area contributed by atoms with Crippen LogP contribution >= 0.6 is 0 Å². The molecular weight excluding hydrogens is 262 g/mol. The maximum absolute atomic E-state index is 5.85. The van der Waals surface area contributed by atoms with Gasteiger partial charge in [0, 0.05) is 24.7 Å². The van der Waals surface area contributed by atoms with Gasteiger partial charge in [0.25, 0.3) is 6.01 Å². The number of rotatable bonds is 2. The number of nitrogen functional groups attached to an aromatic ring is 1. The second-order valence-corrected chi connectivity index (χ2v) is 5.57. The highest BCUT2D eigenvalue weighted by atomic mass is 16.4. The molecule has 106 valence electrons. The zero-order valence-electron chi connectivity index (χ0n) is 11.7. The normalized spacial score (nSPS) is 18.5. The lowest BCUT2D eigenvalue weighted by Gasteiger charge is -2.13. The van der Waals surface area contributed by atoms with E-state index >= 15 is 0 Å². The van der Waals surface area contributed by atoms with E-state index in [1.807, 2.05) is 18.2 Å². The van der Waals surface area contributed by atoms with E-state index in [1.165, 1.54) is 5.56 Å². The van der Waals surface area contributed by atoms with Gasteiger partial charge in [0.2, 0.25) is 0 Å². The molecule has 0 saturated carbocycles. The lowest BCUT2D eigenvalue weighted by molar-refractivity contribution is 0.584. The molecular formula is C17H17N3O. The number of fused-ring (bicyclic) bond motifs is 1. The minimum absolute atomic E-state index is 0.547. The number of hydrogen-bond donors (Lipinski definition) is 1. The first kappa shape index (κ1) is 12.3. The van der Waals surface area contributed by atoms with Gasteiger partial charge in [-0.2, -0.15) is 4.98 Å². The van der Waals surface area contributed by atoms with Gasteiger partial charge in [-0.05, 0) is 30.2 Å². The number of oxazole rings is 1. The zero-order valence-corrected chi connectivity index (χ0v) is 11.7. The average molecular weight is 279 g/mol. The number of nitrogens with two attached hydrogens (primary N) is 1. The Morgan fingerprint density at radius 3 is 2.86 bits per heavy atom. The highest BCUT2D eigenvalue weighted by Gasteiger charge is 2.26. The summed E-state index contributed by atoms with van der Waals surface area (Å²) in [6.07, 6.45) is 1.13. The molecule has 1 unspecified atom stereocenters. The fourth-order valence-electron chi connectivity index (χ4n) is 3.00. The van der Waals surface area contributed by atoms with Gasteiger partial charge in [0.1, 0.15) is 5.52 Å². The largest absolute Gasteiger partial charge is 0.423 e. The van der Waals surface area contributed by atoms with Crippen LogP contribution in [0.1, 0.15) is 17.9 Å². The SMILES string of the molecule is Nc1ccc2oc(N3CCC(c4ccccc4)C3)nc2c1. The number of benzene rings is 2. The molecule has 1 aromatic heterocycles. The Morgan fingerprint density at radius 1 is 1.14 bits per heavy atom. The quantitative estimate of drug-likeness (QED) is 0.730. The summed E-state index contributed by atoms with van der Waals surface area (Å²) < 4.78 is 5.85. The second kappa shape index (κ2) is 4.81. The van der Waals surface area contributed by atoms with Gasteiger partial charge in [-0.25, -0.2) is 0 Å². The molecule has 2 heterocycles. The van der Waals surface area contributed by atoms with Crippen LogP contribution < -0.4 is 10.6 Å². The molecule has 4 nitrogen and oxygen atoms in total. The van der Waals surface area contributed by atoms with Crippen molar-refractivity contribution in [3.63, 3.8) is 0 Å². The minimum atomic E-state index is 0.547. The smallest absolute Gasteiger partial charge is 0.298 e. The molecule has 0 aliphatic carbocycles. The molecule has 0 amide bonds. The number of anilines is 2. The number of nitrogens with zero attached hydrogens (tertiary/aromatic N) is 2. The fourth-order valence-corrected chi connectivity index (χ4v) is 3.00. The Kier molecular flexibility index (Phi) is 2.81. The second-order valence-electron chi connectivity index (χ2n) is 5.57. The van der Waals surface area contributed by atoms with E-state index < -0.39 is 0 Å². The Bertz CT molecular complexity index is 766. The van der Waals surface area contributed by atoms with E-state index in [1.54, 1.807) is 0 Å². The van der Waals surface area contributed by atoms with Crippen LogP contribution in [0.25, 0.3) is 11.1 Å². The van der Waals surface area contributed by atoms with E-state index in [0.29, 0.717) is 17.6 Å². The van der Waals surface area contributed by atoms with Crippen LogP contribution in [-0.2, 0) is 0 Å². The van der Waals surface area contributed by atoms with Gasteiger partial charge in [0.05, 0.1) is 0 Å². The van der Waals surface area contributed by atoms with Crippen LogP contribution in [0.3, 0.4) is 0 Å². The molecule has 2 aromatic carbocycles. The zero-order chi connectivity index (χ0) is 14.2. The maximum atomic E-state index is 5.85. The van der Waals surface area contributed by atoms with Gasteiger partial charge in [-0.1, -0.05) is 30.3 Å². The number of aromatic nitrogens is 1. The van der Waals surface area contributed by atoms with Gasteiger partial charge in [-0.3, -0.25) is 0 Å². The van der Waals surface area contributed by atoms with Crippen molar-refractivity contribution in [3.05, 3.63) is 54.1 Å². The van der Waals surface area contributed by atoms with Gasteiger partial charge < -0.3 is 15.1 Å². The van der Waals surface area contributed by atoms with Crippen LogP contribution in [0.5, 0.6) is 0 Å². The highest BCUT2D eigenvalue weighted by molar-refractivity contribution is 5.78. The summed E-state index contributed by atoms with van der Waals surface area (Å²) in [6.45, 7) is 1.92. The van der Waals surface area contributed by atoms with E-state index in [9.17, 15) is 0 Å². The molecule has 21 heavy (non-hydrogen) atoms. The van der Waals surface area contributed by atoms with Crippen molar-refractivity contribution in [2.75, 3.05) is 23.7 Å². The molecule has 0 radical (unpaired) electrons. The van der Waals surface area contributed by atoms with Crippen molar-refractivity contribution in [2.45, 2.75) is 12.3 Å². The highest BCUT2D eigenvalue weighted by Crippen LogP contribution is 2.32. The summed E-state index contributed by atoms with van der Waals surface area (Å²) in [7, 11) is 0. The summed E-state index contributed by atoms with van der Waals surface area (Å²) in [5, 5.41) is 0. The topological polar surface area (TPSA) is 55.3 Å². The van der Waals surface area contributed by atoms with Gasteiger partial charge in [-0.15, -0.1) is 0 Å². The molecule has 4 rings (SSSR count). The molecule has 1 aliphatic heterocycles. The first-order chi connectivity index (χ1) is 10.3. The standard InChI is InChI=1S/C17H17N3O/c18-14-6-7-16-15(10-14)19-17(21-16)20-9-8-13(11-20)12-4-2-1-3-5-12/h1-7,10,13H,8-9,11,18H2. The van der Waals surface area contributed by atoms with Crippen molar-refractivity contribution in [2.24, 2.45) is 0 Å². The molecule has 0 bridgehead atoms. The van der Waals surface area contributed by atoms with Gasteiger partial charge >= 0.3 is 0 Å². The molecule has 3 aromatic rings. The minimum Gasteiger partial charge on any atom is -0.423 e. The molecule has 1 aliphatic rings. The first-order valence-corrected chi connectivity index (χ1v) is 7.25. The third kappa shape index (κ3) is 2.23. The van der Waals surface area contributed by atoms with Crippen LogP contribution in [-0.4, -0.2) is 18.1 Å². The van der Waals surface area contributed by atoms with E-state index in [4.69, 9.17) is 10.2 Å². The molecule has 1 fully saturated rings. The number of hydrogen-bond acceptors (Lipinski definition) is 4. The summed E-state index contributed by atoms with van der Waals surface area (Å²) in [5.74, 6) is 0.547. The fraction of sp³-hybridized carbons (Fsp3) is 0.235.